The fourth-order valence-electron chi connectivity index (χ4n) is 2.26. The smallest absolute Gasteiger partial charge is 0.0577 e. The maximum absolute atomic E-state index is 6.09. The lowest BCUT2D eigenvalue weighted by Crippen LogP contribution is -2.18. The molecule has 18 heavy (non-hydrogen) atoms. The summed E-state index contributed by atoms with van der Waals surface area (Å²) in [6, 6.07) is 14.9. The van der Waals surface area contributed by atoms with Crippen LogP contribution in [0.25, 0.3) is 0 Å². The summed E-state index contributed by atoms with van der Waals surface area (Å²) in [7, 11) is 1.99. The topological polar surface area (TPSA) is 12.0 Å². The van der Waals surface area contributed by atoms with Gasteiger partial charge in [-0.25, -0.2) is 0 Å². The second kappa shape index (κ2) is 5.55. The molecule has 0 saturated heterocycles. The van der Waals surface area contributed by atoms with E-state index in [9.17, 15) is 0 Å². The lowest BCUT2D eigenvalue weighted by Gasteiger charge is -2.20. The number of halogens is 1. The highest BCUT2D eigenvalue weighted by molar-refractivity contribution is 6.31. The van der Waals surface area contributed by atoms with Gasteiger partial charge in [0.25, 0.3) is 0 Å². The molecule has 0 spiro atoms. The first-order valence-corrected chi connectivity index (χ1v) is 6.50. The Morgan fingerprint density at radius 2 is 1.72 bits per heavy atom. The van der Waals surface area contributed by atoms with Crippen LogP contribution in [0.2, 0.25) is 5.02 Å². The summed E-state index contributed by atoms with van der Waals surface area (Å²) in [6.45, 7) is 4.18. The molecule has 0 fully saturated rings. The Kier molecular flexibility index (Phi) is 4.05. The van der Waals surface area contributed by atoms with Crippen molar-refractivity contribution in [3.05, 3.63) is 69.7 Å². The minimum atomic E-state index is 0.210. The molecule has 0 radical (unpaired) electrons. The SMILES string of the molecule is CNC(c1ccc(Cl)c(C)c1)c1ccccc1C. The highest BCUT2D eigenvalue weighted by atomic mass is 35.5. The highest BCUT2D eigenvalue weighted by Crippen LogP contribution is 2.27. The molecule has 1 nitrogen and oxygen atoms in total. The van der Waals surface area contributed by atoms with E-state index in [4.69, 9.17) is 11.6 Å². The normalized spacial score (nSPS) is 12.4. The van der Waals surface area contributed by atoms with Crippen LogP contribution in [0.1, 0.15) is 28.3 Å². The van der Waals surface area contributed by atoms with Gasteiger partial charge < -0.3 is 5.32 Å². The number of rotatable bonds is 3. The monoisotopic (exact) mass is 259 g/mol. The lowest BCUT2D eigenvalue weighted by molar-refractivity contribution is 0.687. The molecule has 0 aliphatic rings. The van der Waals surface area contributed by atoms with Crippen LogP contribution in [-0.4, -0.2) is 7.05 Å². The summed E-state index contributed by atoms with van der Waals surface area (Å²) in [5, 5.41) is 4.20. The van der Waals surface area contributed by atoms with Crippen LogP contribution in [-0.2, 0) is 0 Å². The van der Waals surface area contributed by atoms with Crippen molar-refractivity contribution in [2.24, 2.45) is 0 Å². The summed E-state index contributed by atoms with van der Waals surface area (Å²) in [5.41, 5.74) is 4.96. The molecule has 0 aliphatic carbocycles. The highest BCUT2D eigenvalue weighted by Gasteiger charge is 2.14. The number of hydrogen-bond acceptors (Lipinski definition) is 1. The van der Waals surface area contributed by atoms with Crippen LogP contribution in [0.3, 0.4) is 0 Å². The van der Waals surface area contributed by atoms with Crippen molar-refractivity contribution >= 4 is 11.6 Å². The van der Waals surface area contributed by atoms with Gasteiger partial charge in [0.05, 0.1) is 6.04 Å². The second-order valence-electron chi connectivity index (χ2n) is 4.59. The zero-order valence-corrected chi connectivity index (χ0v) is 11.8. The van der Waals surface area contributed by atoms with E-state index in [1.54, 1.807) is 0 Å². The van der Waals surface area contributed by atoms with Crippen molar-refractivity contribution in [1.82, 2.24) is 5.32 Å². The van der Waals surface area contributed by atoms with Gasteiger partial charge in [0.1, 0.15) is 0 Å². The van der Waals surface area contributed by atoms with Crippen LogP contribution < -0.4 is 5.32 Å². The molecule has 0 aromatic heterocycles. The number of benzene rings is 2. The zero-order valence-electron chi connectivity index (χ0n) is 11.0. The first-order chi connectivity index (χ1) is 8.63. The standard InChI is InChI=1S/C16H18ClN/c1-11-6-4-5-7-14(11)16(18-3)13-8-9-15(17)12(2)10-13/h4-10,16,18H,1-3H3. The van der Waals surface area contributed by atoms with Gasteiger partial charge in [-0.15, -0.1) is 0 Å². The molecule has 2 aromatic carbocycles. The first kappa shape index (κ1) is 13.1. The molecule has 2 rings (SSSR count). The van der Waals surface area contributed by atoms with Crippen LogP contribution in [0.4, 0.5) is 0 Å². The molecular weight excluding hydrogens is 242 g/mol. The Morgan fingerprint density at radius 1 is 1.00 bits per heavy atom. The quantitative estimate of drug-likeness (QED) is 0.868. The molecule has 0 amide bonds. The number of hydrogen-bond donors (Lipinski definition) is 1. The average molecular weight is 260 g/mol. The Balaban J connectivity index is 2.45. The average Bonchev–Trinajstić information content (AvgIpc) is 2.37. The Bertz CT molecular complexity index is 549. The zero-order chi connectivity index (χ0) is 13.1. The van der Waals surface area contributed by atoms with Gasteiger partial charge in [0.15, 0.2) is 0 Å². The van der Waals surface area contributed by atoms with Crippen LogP contribution in [0.15, 0.2) is 42.5 Å². The summed E-state index contributed by atoms with van der Waals surface area (Å²) < 4.78 is 0. The Labute approximate surface area is 114 Å². The van der Waals surface area contributed by atoms with Gasteiger partial charge in [0, 0.05) is 5.02 Å². The summed E-state index contributed by atoms with van der Waals surface area (Å²) >= 11 is 6.09. The number of aryl methyl sites for hydroxylation is 2. The van der Waals surface area contributed by atoms with E-state index in [1.165, 1.54) is 16.7 Å². The van der Waals surface area contributed by atoms with E-state index in [0.29, 0.717) is 0 Å². The predicted octanol–water partition coefficient (Wildman–Crippen LogP) is 4.27. The molecule has 0 saturated carbocycles. The van der Waals surface area contributed by atoms with E-state index in [0.717, 1.165) is 10.6 Å². The minimum Gasteiger partial charge on any atom is -0.309 e. The van der Waals surface area contributed by atoms with Gasteiger partial charge in [-0.05, 0) is 49.2 Å². The van der Waals surface area contributed by atoms with Gasteiger partial charge >= 0.3 is 0 Å². The molecule has 0 bridgehead atoms. The third-order valence-electron chi connectivity index (χ3n) is 3.30. The van der Waals surface area contributed by atoms with Gasteiger partial charge in [-0.2, -0.15) is 0 Å². The van der Waals surface area contributed by atoms with Crippen molar-refractivity contribution in [2.45, 2.75) is 19.9 Å². The third kappa shape index (κ3) is 2.58. The molecule has 2 heteroatoms. The molecule has 0 heterocycles. The fourth-order valence-corrected chi connectivity index (χ4v) is 2.38. The van der Waals surface area contributed by atoms with Gasteiger partial charge in [-0.3, -0.25) is 0 Å². The molecule has 0 aliphatic heterocycles. The summed E-state index contributed by atoms with van der Waals surface area (Å²) in [4.78, 5) is 0. The molecule has 2 aromatic rings. The van der Waals surface area contributed by atoms with Crippen LogP contribution in [0.5, 0.6) is 0 Å². The van der Waals surface area contributed by atoms with Crippen LogP contribution >= 0.6 is 11.6 Å². The molecule has 1 unspecified atom stereocenters. The van der Waals surface area contributed by atoms with E-state index in [-0.39, 0.29) is 6.04 Å². The Morgan fingerprint density at radius 3 is 2.33 bits per heavy atom. The summed E-state index contributed by atoms with van der Waals surface area (Å²) in [6.07, 6.45) is 0. The molecular formula is C16H18ClN. The van der Waals surface area contributed by atoms with Gasteiger partial charge in [-0.1, -0.05) is 48.0 Å². The Hall–Kier alpha value is -1.31. The maximum atomic E-state index is 6.09. The lowest BCUT2D eigenvalue weighted by atomic mass is 9.94. The predicted molar refractivity (Wildman–Crippen MR) is 78.3 cm³/mol. The first-order valence-electron chi connectivity index (χ1n) is 6.12. The minimum absolute atomic E-state index is 0.210. The van der Waals surface area contributed by atoms with Crippen molar-refractivity contribution < 1.29 is 0 Å². The van der Waals surface area contributed by atoms with E-state index >= 15 is 0 Å². The largest absolute Gasteiger partial charge is 0.309 e. The fraction of sp³-hybridized carbons (Fsp3) is 0.250. The van der Waals surface area contributed by atoms with E-state index < -0.39 is 0 Å². The van der Waals surface area contributed by atoms with Crippen LogP contribution in [0, 0.1) is 13.8 Å². The van der Waals surface area contributed by atoms with Crippen molar-refractivity contribution in [3.63, 3.8) is 0 Å². The van der Waals surface area contributed by atoms with Crippen molar-refractivity contribution in [1.29, 1.82) is 0 Å². The molecule has 1 atom stereocenters. The van der Waals surface area contributed by atoms with Crippen molar-refractivity contribution in [3.8, 4) is 0 Å². The summed E-state index contributed by atoms with van der Waals surface area (Å²) in [5.74, 6) is 0. The van der Waals surface area contributed by atoms with E-state index in [2.05, 4.69) is 48.6 Å². The second-order valence-corrected chi connectivity index (χ2v) is 4.99. The van der Waals surface area contributed by atoms with Crippen molar-refractivity contribution in [2.75, 3.05) is 7.05 Å². The van der Waals surface area contributed by atoms with E-state index in [1.807, 2.05) is 20.0 Å². The molecule has 94 valence electrons. The molecule has 1 N–H and O–H groups in total. The number of nitrogens with one attached hydrogen (secondary N) is 1. The maximum Gasteiger partial charge on any atom is 0.0577 e. The third-order valence-corrected chi connectivity index (χ3v) is 3.73. The van der Waals surface area contributed by atoms with Gasteiger partial charge in [0.2, 0.25) is 0 Å².